The summed E-state index contributed by atoms with van der Waals surface area (Å²) in [5.74, 6) is 0. The van der Waals surface area contributed by atoms with Crippen molar-refractivity contribution in [1.82, 2.24) is 0 Å². The SMILES string of the molecule is NCC1OC(c2ccccc2)OCC1O. The van der Waals surface area contributed by atoms with Gasteiger partial charge in [-0.2, -0.15) is 0 Å². The molecule has 1 saturated heterocycles. The highest BCUT2D eigenvalue weighted by atomic mass is 16.7. The zero-order valence-electron chi connectivity index (χ0n) is 8.37. The molecule has 1 aliphatic heterocycles. The predicted molar refractivity (Wildman–Crippen MR) is 55.1 cm³/mol. The molecule has 3 unspecified atom stereocenters. The van der Waals surface area contributed by atoms with Gasteiger partial charge >= 0.3 is 0 Å². The van der Waals surface area contributed by atoms with Crippen LogP contribution in [-0.4, -0.2) is 30.5 Å². The summed E-state index contributed by atoms with van der Waals surface area (Å²) in [5.41, 5.74) is 6.44. The van der Waals surface area contributed by atoms with Crippen molar-refractivity contribution < 1.29 is 14.6 Å². The van der Waals surface area contributed by atoms with Crippen molar-refractivity contribution in [1.29, 1.82) is 0 Å². The smallest absolute Gasteiger partial charge is 0.184 e. The third-order valence-corrected chi connectivity index (χ3v) is 2.45. The second kappa shape index (κ2) is 4.72. The van der Waals surface area contributed by atoms with E-state index in [1.54, 1.807) is 0 Å². The summed E-state index contributed by atoms with van der Waals surface area (Å²) < 4.78 is 10.9. The fraction of sp³-hybridized carbons (Fsp3) is 0.455. The molecule has 1 aromatic carbocycles. The van der Waals surface area contributed by atoms with E-state index in [9.17, 15) is 5.11 Å². The van der Waals surface area contributed by atoms with Gasteiger partial charge in [0.05, 0.1) is 6.61 Å². The van der Waals surface area contributed by atoms with Crippen LogP contribution < -0.4 is 5.73 Å². The van der Waals surface area contributed by atoms with Gasteiger partial charge in [0.2, 0.25) is 0 Å². The molecule has 0 aromatic heterocycles. The van der Waals surface area contributed by atoms with Gasteiger partial charge < -0.3 is 20.3 Å². The Morgan fingerprint density at radius 3 is 2.73 bits per heavy atom. The maximum absolute atomic E-state index is 9.50. The Hall–Kier alpha value is -0.940. The summed E-state index contributed by atoms with van der Waals surface area (Å²) in [7, 11) is 0. The molecule has 0 spiro atoms. The van der Waals surface area contributed by atoms with Gasteiger partial charge in [-0.05, 0) is 0 Å². The average molecular weight is 209 g/mol. The van der Waals surface area contributed by atoms with E-state index in [4.69, 9.17) is 15.2 Å². The minimum absolute atomic E-state index is 0.265. The largest absolute Gasteiger partial charge is 0.388 e. The highest BCUT2D eigenvalue weighted by molar-refractivity contribution is 5.16. The molecule has 3 N–H and O–H groups in total. The van der Waals surface area contributed by atoms with Crippen LogP contribution in [0.5, 0.6) is 0 Å². The second-order valence-corrected chi connectivity index (χ2v) is 3.55. The van der Waals surface area contributed by atoms with E-state index in [1.165, 1.54) is 0 Å². The molecule has 0 radical (unpaired) electrons. The molecular weight excluding hydrogens is 194 g/mol. The molecule has 0 saturated carbocycles. The minimum Gasteiger partial charge on any atom is -0.388 e. The van der Waals surface area contributed by atoms with Gasteiger partial charge in [0.25, 0.3) is 0 Å². The minimum atomic E-state index is -0.630. The molecule has 4 heteroatoms. The fourth-order valence-corrected chi connectivity index (χ4v) is 1.58. The van der Waals surface area contributed by atoms with Gasteiger partial charge in [-0.1, -0.05) is 30.3 Å². The van der Waals surface area contributed by atoms with Crippen LogP contribution in [-0.2, 0) is 9.47 Å². The summed E-state index contributed by atoms with van der Waals surface area (Å²) in [6.45, 7) is 0.565. The van der Waals surface area contributed by atoms with Gasteiger partial charge in [0, 0.05) is 12.1 Å². The zero-order valence-corrected chi connectivity index (χ0v) is 8.37. The van der Waals surface area contributed by atoms with Gasteiger partial charge in [0.1, 0.15) is 12.2 Å². The van der Waals surface area contributed by atoms with Gasteiger partial charge in [-0.15, -0.1) is 0 Å². The quantitative estimate of drug-likeness (QED) is 0.741. The molecule has 3 atom stereocenters. The number of benzene rings is 1. The van der Waals surface area contributed by atoms with Crippen LogP contribution in [0.15, 0.2) is 30.3 Å². The number of nitrogens with two attached hydrogens (primary N) is 1. The highest BCUT2D eigenvalue weighted by Gasteiger charge is 2.30. The molecule has 82 valence electrons. The topological polar surface area (TPSA) is 64.7 Å². The number of hydrogen-bond acceptors (Lipinski definition) is 4. The lowest BCUT2D eigenvalue weighted by molar-refractivity contribution is -0.253. The summed E-state index contributed by atoms with van der Waals surface area (Å²) in [6.07, 6.45) is -1.39. The molecule has 1 fully saturated rings. The lowest BCUT2D eigenvalue weighted by Crippen LogP contribution is -2.44. The first kappa shape index (κ1) is 10.6. The Labute approximate surface area is 88.6 Å². The van der Waals surface area contributed by atoms with E-state index in [1.807, 2.05) is 30.3 Å². The summed E-state index contributed by atoms with van der Waals surface area (Å²) in [4.78, 5) is 0. The van der Waals surface area contributed by atoms with Crippen LogP contribution >= 0.6 is 0 Å². The first-order chi connectivity index (χ1) is 7.31. The summed E-state index contributed by atoms with van der Waals surface area (Å²) in [5, 5.41) is 9.50. The Bertz CT molecular complexity index is 304. The number of rotatable bonds is 2. The Balaban J connectivity index is 2.06. The molecule has 1 heterocycles. The number of ether oxygens (including phenoxy) is 2. The van der Waals surface area contributed by atoms with E-state index < -0.39 is 12.4 Å². The molecule has 0 amide bonds. The van der Waals surface area contributed by atoms with Gasteiger partial charge in [0.15, 0.2) is 6.29 Å². The monoisotopic (exact) mass is 209 g/mol. The van der Waals surface area contributed by atoms with Crippen molar-refractivity contribution in [2.24, 2.45) is 5.73 Å². The Kier molecular flexibility index (Phi) is 3.33. The maximum Gasteiger partial charge on any atom is 0.184 e. The molecular formula is C11H15NO3. The molecule has 15 heavy (non-hydrogen) atoms. The standard InChI is InChI=1S/C11H15NO3/c12-6-10-9(13)7-14-11(15-10)8-4-2-1-3-5-8/h1-5,9-11,13H,6-7,12H2. The van der Waals surface area contributed by atoms with Crippen molar-refractivity contribution in [2.45, 2.75) is 18.5 Å². The van der Waals surface area contributed by atoms with Crippen LogP contribution in [0.2, 0.25) is 0 Å². The van der Waals surface area contributed by atoms with Crippen molar-refractivity contribution in [3.8, 4) is 0 Å². The van der Waals surface area contributed by atoms with Crippen molar-refractivity contribution in [3.63, 3.8) is 0 Å². The maximum atomic E-state index is 9.50. The van der Waals surface area contributed by atoms with Crippen LogP contribution in [0.25, 0.3) is 0 Å². The van der Waals surface area contributed by atoms with E-state index in [2.05, 4.69) is 0 Å². The van der Waals surface area contributed by atoms with Crippen molar-refractivity contribution in [2.75, 3.05) is 13.2 Å². The number of aliphatic hydroxyl groups excluding tert-OH is 1. The van der Waals surface area contributed by atoms with Crippen LogP contribution in [0.4, 0.5) is 0 Å². The van der Waals surface area contributed by atoms with E-state index >= 15 is 0 Å². The van der Waals surface area contributed by atoms with Gasteiger partial charge in [-0.3, -0.25) is 0 Å². The first-order valence-electron chi connectivity index (χ1n) is 5.01. The predicted octanol–water partition coefficient (Wildman–Crippen LogP) is 0.420. The first-order valence-corrected chi connectivity index (χ1v) is 5.01. The Morgan fingerprint density at radius 1 is 1.33 bits per heavy atom. The Morgan fingerprint density at radius 2 is 2.07 bits per heavy atom. The average Bonchev–Trinajstić information content (AvgIpc) is 2.31. The molecule has 0 bridgehead atoms. The van der Waals surface area contributed by atoms with Crippen molar-refractivity contribution >= 4 is 0 Å². The molecule has 4 nitrogen and oxygen atoms in total. The lowest BCUT2D eigenvalue weighted by atomic mass is 10.1. The third-order valence-electron chi connectivity index (χ3n) is 2.45. The molecule has 1 aliphatic rings. The van der Waals surface area contributed by atoms with E-state index in [0.717, 1.165) is 5.56 Å². The fourth-order valence-electron chi connectivity index (χ4n) is 1.58. The third kappa shape index (κ3) is 2.35. The summed E-state index contributed by atoms with van der Waals surface area (Å²) in [6, 6.07) is 9.63. The normalized spacial score (nSPS) is 31.5. The van der Waals surface area contributed by atoms with Gasteiger partial charge in [-0.25, -0.2) is 0 Å². The summed E-state index contributed by atoms with van der Waals surface area (Å²) >= 11 is 0. The lowest BCUT2D eigenvalue weighted by Gasteiger charge is -2.33. The van der Waals surface area contributed by atoms with Crippen LogP contribution in [0.1, 0.15) is 11.9 Å². The molecule has 2 rings (SSSR count). The number of hydrogen-bond donors (Lipinski definition) is 2. The van der Waals surface area contributed by atoms with E-state index in [-0.39, 0.29) is 12.7 Å². The van der Waals surface area contributed by atoms with Crippen molar-refractivity contribution in [3.05, 3.63) is 35.9 Å². The molecule has 1 aromatic rings. The molecule has 0 aliphatic carbocycles. The zero-order chi connectivity index (χ0) is 10.7. The highest BCUT2D eigenvalue weighted by Crippen LogP contribution is 2.25. The number of aliphatic hydroxyl groups is 1. The second-order valence-electron chi connectivity index (χ2n) is 3.55. The van der Waals surface area contributed by atoms with Crippen LogP contribution in [0, 0.1) is 0 Å². The van der Waals surface area contributed by atoms with Crippen LogP contribution in [0.3, 0.4) is 0 Å². The van der Waals surface area contributed by atoms with E-state index in [0.29, 0.717) is 6.54 Å².